The third kappa shape index (κ3) is 14.0. The second-order valence-electron chi connectivity index (χ2n) is 6.07. The normalized spacial score (nSPS) is 14.9. The molecular weight excluding hydrogens is 446 g/mol. The molecule has 0 radical (unpaired) electrons. The molecule has 0 fully saturated rings. The molecule has 1 aliphatic carbocycles. The molecule has 0 aromatic heterocycles. The summed E-state index contributed by atoms with van der Waals surface area (Å²) in [5, 5.41) is 0. The zero-order valence-corrected chi connectivity index (χ0v) is 26.7. The second kappa shape index (κ2) is 23.7. The van der Waals surface area contributed by atoms with Gasteiger partial charge in [-0.1, -0.05) is 108 Å². The predicted octanol–water partition coefficient (Wildman–Crippen LogP) is 6.77. The first kappa shape index (κ1) is 34.7. The van der Waals surface area contributed by atoms with Gasteiger partial charge in [-0.15, -0.1) is 17.7 Å². The Hall–Kier alpha value is -0.925. The van der Waals surface area contributed by atoms with Crippen LogP contribution in [-0.4, -0.2) is 0 Å². The van der Waals surface area contributed by atoms with Crippen LogP contribution in [0.5, 0.6) is 0 Å². The monoisotopic (exact) mass is 488 g/mol. The molecule has 1 rings (SSSR count). The van der Waals surface area contributed by atoms with E-state index in [1.165, 1.54) is 28.2 Å². The Labute approximate surface area is 243 Å². The van der Waals surface area contributed by atoms with Gasteiger partial charge in [0, 0.05) is 0 Å². The van der Waals surface area contributed by atoms with E-state index < -0.39 is 0 Å². The zero-order valence-electron chi connectivity index (χ0n) is 21.8. The van der Waals surface area contributed by atoms with Crippen molar-refractivity contribution in [1.82, 2.24) is 0 Å². The second-order valence-corrected chi connectivity index (χ2v) is 6.07. The van der Waals surface area contributed by atoms with Crippen molar-refractivity contribution in [3.05, 3.63) is 125 Å². The van der Waals surface area contributed by atoms with Gasteiger partial charge in [-0.05, 0) is 37.5 Å². The van der Waals surface area contributed by atoms with E-state index in [1.54, 1.807) is 0 Å². The number of hydrogen-bond acceptors (Lipinski definition) is 0. The molecule has 0 saturated carbocycles. The van der Waals surface area contributed by atoms with E-state index in [9.17, 15) is 0 Å². The fraction of sp³-hybridized carbons (Fsp3) is 0.300. The standard InChI is InChI=1S/C26H31.2C2H6.Rb/c1-7-11-18-24(16-10-4)26(23(14-8-2)15-9-3)22(6)25-19-13-12-17-21(5)20-25;2*1-2;/h7-20H,2H2,1,3-6H3;2*1-2H3;/q-1;;;+1/b11-7-,15-9-,16-10-,23-14+,24-18+,26-22-;;;. The molecule has 0 heterocycles. The first-order valence-electron chi connectivity index (χ1n) is 11.1. The van der Waals surface area contributed by atoms with E-state index in [2.05, 4.69) is 106 Å². The number of hydrogen-bond donors (Lipinski definition) is 0. The van der Waals surface area contributed by atoms with Gasteiger partial charge in [0.2, 0.25) is 0 Å². The van der Waals surface area contributed by atoms with Crippen LogP contribution >= 0.6 is 0 Å². The molecule has 0 aliphatic heterocycles. The summed E-state index contributed by atoms with van der Waals surface area (Å²) in [4.78, 5) is 0. The Morgan fingerprint density at radius 3 is 1.90 bits per heavy atom. The van der Waals surface area contributed by atoms with Gasteiger partial charge in [0.25, 0.3) is 0 Å². The molecule has 1 heteroatoms. The third-order valence-corrected chi connectivity index (χ3v) is 3.97. The molecule has 0 aromatic carbocycles. The number of allylic oxidation sites excluding steroid dienone is 19. The molecule has 0 N–H and O–H groups in total. The van der Waals surface area contributed by atoms with Crippen molar-refractivity contribution in [2.24, 2.45) is 0 Å². The van der Waals surface area contributed by atoms with Crippen LogP contribution < -0.4 is 58.2 Å². The van der Waals surface area contributed by atoms with Crippen LogP contribution in [0, 0.1) is 5.92 Å². The van der Waals surface area contributed by atoms with E-state index >= 15 is 0 Å². The average Bonchev–Trinajstić information content (AvgIpc) is 2.99. The van der Waals surface area contributed by atoms with Gasteiger partial charge in [-0.3, -0.25) is 0 Å². The van der Waals surface area contributed by atoms with Crippen molar-refractivity contribution < 1.29 is 58.2 Å². The van der Waals surface area contributed by atoms with Crippen molar-refractivity contribution >= 4 is 0 Å². The van der Waals surface area contributed by atoms with Crippen molar-refractivity contribution in [2.45, 2.75) is 62.3 Å². The van der Waals surface area contributed by atoms with Crippen LogP contribution in [0.2, 0.25) is 0 Å². The van der Waals surface area contributed by atoms with E-state index in [4.69, 9.17) is 0 Å². The Balaban J connectivity index is -0.00000148. The maximum Gasteiger partial charge on any atom is 1.00 e. The first-order valence-corrected chi connectivity index (χ1v) is 11.1. The fourth-order valence-electron chi connectivity index (χ4n) is 2.82. The van der Waals surface area contributed by atoms with Crippen LogP contribution in [-0.2, 0) is 0 Å². The minimum Gasteiger partial charge on any atom is -0.169 e. The summed E-state index contributed by atoms with van der Waals surface area (Å²) in [7, 11) is 0. The van der Waals surface area contributed by atoms with E-state index in [-0.39, 0.29) is 58.2 Å². The Morgan fingerprint density at radius 2 is 1.42 bits per heavy atom. The summed E-state index contributed by atoms with van der Waals surface area (Å²) in [5.41, 5.74) is 6.00. The van der Waals surface area contributed by atoms with Crippen molar-refractivity contribution in [3.8, 4) is 0 Å². The summed E-state index contributed by atoms with van der Waals surface area (Å²) in [6.45, 7) is 22.4. The molecule has 0 spiro atoms. The molecule has 0 amide bonds. The van der Waals surface area contributed by atoms with Crippen molar-refractivity contribution in [3.63, 3.8) is 0 Å². The summed E-state index contributed by atoms with van der Waals surface area (Å²) < 4.78 is 0. The van der Waals surface area contributed by atoms with Crippen LogP contribution in [0.3, 0.4) is 0 Å². The molecule has 0 aromatic rings. The van der Waals surface area contributed by atoms with Gasteiger partial charge in [0.05, 0.1) is 0 Å². The van der Waals surface area contributed by atoms with Crippen LogP contribution in [0.1, 0.15) is 62.3 Å². The zero-order chi connectivity index (χ0) is 23.4. The Morgan fingerprint density at radius 1 is 0.871 bits per heavy atom. The van der Waals surface area contributed by atoms with Gasteiger partial charge in [0.15, 0.2) is 0 Å². The molecule has 0 unspecified atom stereocenters. The van der Waals surface area contributed by atoms with Crippen LogP contribution in [0.25, 0.3) is 0 Å². The molecule has 0 atom stereocenters. The summed E-state index contributed by atoms with van der Waals surface area (Å²) in [5.74, 6) is 1.24. The topological polar surface area (TPSA) is 0 Å². The molecule has 1 aliphatic rings. The molecule has 31 heavy (non-hydrogen) atoms. The van der Waals surface area contributed by atoms with Gasteiger partial charge in [-0.2, -0.15) is 24.1 Å². The van der Waals surface area contributed by atoms with Gasteiger partial charge >= 0.3 is 58.2 Å². The van der Waals surface area contributed by atoms with Crippen LogP contribution in [0.4, 0.5) is 0 Å². The minimum absolute atomic E-state index is 0. The summed E-state index contributed by atoms with van der Waals surface area (Å²) in [6.07, 6.45) is 29.4. The van der Waals surface area contributed by atoms with E-state index in [0.29, 0.717) is 0 Å². The quantitative estimate of drug-likeness (QED) is 0.274. The van der Waals surface area contributed by atoms with Gasteiger partial charge in [0.1, 0.15) is 0 Å². The smallest absolute Gasteiger partial charge is 0.169 e. The van der Waals surface area contributed by atoms with Crippen molar-refractivity contribution in [2.75, 3.05) is 0 Å². The minimum atomic E-state index is 0. The first-order chi connectivity index (χ1) is 14.6. The fourth-order valence-corrected chi connectivity index (χ4v) is 2.82. The summed E-state index contributed by atoms with van der Waals surface area (Å²) in [6, 6.07) is 0. The van der Waals surface area contributed by atoms with Gasteiger partial charge in [-0.25, -0.2) is 0 Å². The molecular formula is C30H43Rb. The van der Waals surface area contributed by atoms with E-state index in [0.717, 1.165) is 5.57 Å². The molecule has 164 valence electrons. The predicted molar refractivity (Wildman–Crippen MR) is 141 cm³/mol. The van der Waals surface area contributed by atoms with Crippen LogP contribution in [0.15, 0.2) is 120 Å². The maximum atomic E-state index is 3.90. The molecule has 0 saturated heterocycles. The van der Waals surface area contributed by atoms with Crippen molar-refractivity contribution in [1.29, 1.82) is 0 Å². The maximum absolute atomic E-state index is 3.90. The molecule has 0 bridgehead atoms. The largest absolute Gasteiger partial charge is 1.00 e. The van der Waals surface area contributed by atoms with E-state index in [1.807, 2.05) is 47.6 Å². The Bertz CT molecular complexity index is 756. The number of rotatable bonds is 7. The third-order valence-electron chi connectivity index (χ3n) is 3.97. The SMILES string of the molecule is C=C/C=C(\C=C/C)C(=C(\C)C1=C[C-](C)C=CC=C1)/C(/C=C\C)=C/C=C\C.CC.CC.[Rb+]. The Kier molecular flexibility index (Phi) is 26.6. The summed E-state index contributed by atoms with van der Waals surface area (Å²) >= 11 is 0. The van der Waals surface area contributed by atoms with Gasteiger partial charge < -0.3 is 0 Å². The average molecular weight is 489 g/mol. The molecule has 0 nitrogen and oxygen atoms in total.